The van der Waals surface area contributed by atoms with Crippen LogP contribution >= 0.6 is 0 Å². The molecule has 2 saturated heterocycles. The number of nitrogens with two attached hydrogens (primary N) is 1. The van der Waals surface area contributed by atoms with Crippen molar-refractivity contribution in [2.24, 2.45) is 0 Å². The lowest BCUT2D eigenvalue weighted by Crippen LogP contribution is -2.34. The lowest BCUT2D eigenvalue weighted by atomic mass is 10.1. The quantitative estimate of drug-likeness (QED) is 0.808. The van der Waals surface area contributed by atoms with Crippen LogP contribution in [0.1, 0.15) is 18.9 Å². The number of benzene rings is 1. The lowest BCUT2D eigenvalue weighted by Gasteiger charge is -2.18. The molecule has 0 bridgehead atoms. The molecule has 2 aliphatic heterocycles. The zero-order valence-electron chi connectivity index (χ0n) is 11.6. The molecular formula is C15H21NO4. The first-order valence-corrected chi connectivity index (χ1v) is 7.15. The maximum absolute atomic E-state index is 9.71. The molecule has 1 aromatic carbocycles. The van der Waals surface area contributed by atoms with Gasteiger partial charge in [-0.3, -0.25) is 0 Å². The zero-order chi connectivity index (χ0) is 14.1. The second-order valence-electron chi connectivity index (χ2n) is 5.43. The predicted octanol–water partition coefficient (Wildman–Crippen LogP) is 1.13. The van der Waals surface area contributed by atoms with Gasteiger partial charge in [0.2, 0.25) is 0 Å². The number of hydrogen-bond acceptors (Lipinski definition) is 5. The van der Waals surface area contributed by atoms with E-state index < -0.39 is 6.10 Å². The third kappa shape index (κ3) is 2.49. The third-order valence-electron chi connectivity index (χ3n) is 3.90. The van der Waals surface area contributed by atoms with Crippen LogP contribution in [0, 0.1) is 0 Å². The summed E-state index contributed by atoms with van der Waals surface area (Å²) in [5, 5.41) is 9.71. The van der Waals surface area contributed by atoms with Gasteiger partial charge in [-0.05, 0) is 30.2 Å². The maximum atomic E-state index is 9.71. The van der Waals surface area contributed by atoms with E-state index in [9.17, 15) is 5.11 Å². The molecule has 0 saturated carbocycles. The van der Waals surface area contributed by atoms with E-state index >= 15 is 0 Å². The summed E-state index contributed by atoms with van der Waals surface area (Å²) in [5.41, 5.74) is 7.85. The average molecular weight is 279 g/mol. The largest absolute Gasteiger partial charge is 0.485 e. The summed E-state index contributed by atoms with van der Waals surface area (Å²) in [6.45, 7) is 2.88. The molecule has 2 fully saturated rings. The zero-order valence-corrected chi connectivity index (χ0v) is 11.6. The van der Waals surface area contributed by atoms with E-state index in [1.165, 1.54) is 0 Å². The van der Waals surface area contributed by atoms with Crippen LogP contribution in [-0.4, -0.2) is 42.7 Å². The Kier molecular flexibility index (Phi) is 3.83. The van der Waals surface area contributed by atoms with Gasteiger partial charge in [-0.15, -0.1) is 0 Å². The molecule has 0 spiro atoms. The molecule has 4 atom stereocenters. The first-order chi connectivity index (χ1) is 9.69. The van der Waals surface area contributed by atoms with Crippen molar-refractivity contribution in [1.29, 1.82) is 0 Å². The molecule has 0 aliphatic carbocycles. The van der Waals surface area contributed by atoms with Gasteiger partial charge in [0.15, 0.2) is 6.10 Å². The molecule has 2 heterocycles. The Morgan fingerprint density at radius 3 is 2.90 bits per heavy atom. The number of aliphatic hydroxyl groups is 1. The molecule has 2 aliphatic rings. The Bertz CT molecular complexity index is 479. The van der Waals surface area contributed by atoms with Gasteiger partial charge in [-0.2, -0.15) is 0 Å². The van der Waals surface area contributed by atoms with Crippen LogP contribution in [-0.2, 0) is 15.9 Å². The molecule has 3 rings (SSSR count). The Morgan fingerprint density at radius 2 is 2.10 bits per heavy atom. The van der Waals surface area contributed by atoms with Crippen molar-refractivity contribution >= 4 is 5.69 Å². The molecule has 3 N–H and O–H groups in total. The molecule has 110 valence electrons. The molecule has 5 heteroatoms. The van der Waals surface area contributed by atoms with Gasteiger partial charge in [-0.25, -0.2) is 0 Å². The fourth-order valence-corrected chi connectivity index (χ4v) is 2.86. The predicted molar refractivity (Wildman–Crippen MR) is 74.8 cm³/mol. The Labute approximate surface area is 118 Å². The van der Waals surface area contributed by atoms with Crippen molar-refractivity contribution in [1.82, 2.24) is 0 Å². The highest BCUT2D eigenvalue weighted by Crippen LogP contribution is 2.31. The van der Waals surface area contributed by atoms with Gasteiger partial charge in [0.05, 0.1) is 13.2 Å². The van der Waals surface area contributed by atoms with E-state index in [0.717, 1.165) is 29.8 Å². The van der Waals surface area contributed by atoms with Gasteiger partial charge in [-0.1, -0.05) is 13.3 Å². The minimum absolute atomic E-state index is 0.171. The number of anilines is 1. The number of hydrogen-bond donors (Lipinski definition) is 2. The molecule has 0 aromatic heterocycles. The van der Waals surface area contributed by atoms with Crippen LogP contribution in [0.2, 0.25) is 0 Å². The van der Waals surface area contributed by atoms with E-state index in [0.29, 0.717) is 13.2 Å². The normalized spacial score (nSPS) is 32.3. The minimum Gasteiger partial charge on any atom is -0.485 e. The fourth-order valence-electron chi connectivity index (χ4n) is 2.86. The van der Waals surface area contributed by atoms with Gasteiger partial charge >= 0.3 is 0 Å². The second kappa shape index (κ2) is 5.60. The molecule has 0 radical (unpaired) electrons. The lowest BCUT2D eigenvalue weighted by molar-refractivity contribution is 0.00862. The van der Waals surface area contributed by atoms with Crippen molar-refractivity contribution in [2.75, 3.05) is 18.9 Å². The highest BCUT2D eigenvalue weighted by molar-refractivity contribution is 5.50. The standard InChI is InChI=1S/C15H21NO4/c1-2-3-9-6-10(4-5-11(9)16)20-13-8-19-14-12(17)7-18-15(13)14/h4-6,12-15,17H,2-3,7-8,16H2,1H3/t12-,13-,14-,15-/m1/s1. The summed E-state index contributed by atoms with van der Waals surface area (Å²) < 4.78 is 17.1. The van der Waals surface area contributed by atoms with Crippen molar-refractivity contribution in [3.8, 4) is 5.75 Å². The second-order valence-corrected chi connectivity index (χ2v) is 5.43. The van der Waals surface area contributed by atoms with E-state index in [1.54, 1.807) is 0 Å². The van der Waals surface area contributed by atoms with Crippen LogP contribution < -0.4 is 10.5 Å². The van der Waals surface area contributed by atoms with E-state index in [-0.39, 0.29) is 18.3 Å². The first kappa shape index (κ1) is 13.7. The number of fused-ring (bicyclic) bond motifs is 1. The van der Waals surface area contributed by atoms with Crippen LogP contribution in [0.25, 0.3) is 0 Å². The summed E-state index contributed by atoms with van der Waals surface area (Å²) in [4.78, 5) is 0. The van der Waals surface area contributed by atoms with E-state index in [2.05, 4.69) is 6.92 Å². The number of aliphatic hydroxyl groups excluding tert-OH is 1. The highest BCUT2D eigenvalue weighted by Gasteiger charge is 2.48. The average Bonchev–Trinajstić information content (AvgIpc) is 2.99. The van der Waals surface area contributed by atoms with Crippen LogP contribution in [0.5, 0.6) is 5.75 Å². The summed E-state index contributed by atoms with van der Waals surface area (Å²) in [6.07, 6.45) is 0.818. The van der Waals surface area contributed by atoms with Crippen molar-refractivity contribution in [3.63, 3.8) is 0 Å². The Hall–Kier alpha value is -1.30. The monoisotopic (exact) mass is 279 g/mol. The molecular weight excluding hydrogens is 258 g/mol. The topological polar surface area (TPSA) is 73.9 Å². The summed E-state index contributed by atoms with van der Waals surface area (Å²) in [6, 6.07) is 5.72. The maximum Gasteiger partial charge on any atom is 0.151 e. The number of rotatable bonds is 4. The van der Waals surface area contributed by atoms with Gasteiger partial charge in [0, 0.05) is 5.69 Å². The first-order valence-electron chi connectivity index (χ1n) is 7.15. The smallest absolute Gasteiger partial charge is 0.151 e. The number of aryl methyl sites for hydroxylation is 1. The van der Waals surface area contributed by atoms with Crippen molar-refractivity contribution < 1.29 is 19.3 Å². The fraction of sp³-hybridized carbons (Fsp3) is 0.600. The molecule has 5 nitrogen and oxygen atoms in total. The van der Waals surface area contributed by atoms with E-state index in [1.807, 2.05) is 18.2 Å². The Balaban J connectivity index is 1.70. The van der Waals surface area contributed by atoms with Crippen LogP contribution in [0.4, 0.5) is 5.69 Å². The summed E-state index contributed by atoms with van der Waals surface area (Å²) in [5.74, 6) is 0.780. The molecule has 1 aromatic rings. The van der Waals surface area contributed by atoms with Gasteiger partial charge in [0.25, 0.3) is 0 Å². The minimum atomic E-state index is -0.546. The summed E-state index contributed by atoms with van der Waals surface area (Å²) in [7, 11) is 0. The highest BCUT2D eigenvalue weighted by atomic mass is 16.6. The Morgan fingerprint density at radius 1 is 1.30 bits per heavy atom. The third-order valence-corrected chi connectivity index (χ3v) is 3.90. The molecule has 0 amide bonds. The number of ether oxygens (including phenoxy) is 3. The van der Waals surface area contributed by atoms with Crippen molar-refractivity contribution in [3.05, 3.63) is 23.8 Å². The number of nitrogen functional groups attached to an aromatic ring is 1. The van der Waals surface area contributed by atoms with Crippen LogP contribution in [0.3, 0.4) is 0 Å². The van der Waals surface area contributed by atoms with Gasteiger partial charge < -0.3 is 25.1 Å². The van der Waals surface area contributed by atoms with Crippen LogP contribution in [0.15, 0.2) is 18.2 Å². The molecule has 0 unspecified atom stereocenters. The van der Waals surface area contributed by atoms with Gasteiger partial charge in [0.1, 0.15) is 24.1 Å². The summed E-state index contributed by atoms with van der Waals surface area (Å²) >= 11 is 0. The van der Waals surface area contributed by atoms with Crippen molar-refractivity contribution in [2.45, 2.75) is 44.2 Å². The SMILES string of the molecule is CCCc1cc(O[C@@H]2CO[C@H]3[C@@H]2OC[C@H]3O)ccc1N. The molecule has 20 heavy (non-hydrogen) atoms. The van der Waals surface area contributed by atoms with E-state index in [4.69, 9.17) is 19.9 Å².